The van der Waals surface area contributed by atoms with E-state index in [1.54, 1.807) is 0 Å². The molecule has 5 aliphatic heterocycles. The molecule has 0 aromatic rings. The summed E-state index contributed by atoms with van der Waals surface area (Å²) in [4.78, 5) is 27.5. The molecule has 116 valence electrons. The van der Waals surface area contributed by atoms with Crippen molar-refractivity contribution >= 4 is 17.6 Å². The zero-order valence-electron chi connectivity index (χ0n) is 11.7. The van der Waals surface area contributed by atoms with Crippen molar-refractivity contribution in [2.24, 2.45) is 27.6 Å². The first-order valence-electron chi connectivity index (χ1n) is 6.89. The Morgan fingerprint density at radius 2 is 1.90 bits per heavy atom. The van der Waals surface area contributed by atoms with Crippen molar-refractivity contribution < 1.29 is 14.7 Å². The van der Waals surface area contributed by atoms with Gasteiger partial charge in [-0.3, -0.25) is 31.1 Å². The largest absolute Gasteiger partial charge is 0.481 e. The van der Waals surface area contributed by atoms with Crippen LogP contribution in [0.1, 0.15) is 12.8 Å². The Hall–Kier alpha value is -1.55. The third-order valence-electron chi connectivity index (χ3n) is 4.79. The summed E-state index contributed by atoms with van der Waals surface area (Å²) < 4.78 is 0. The summed E-state index contributed by atoms with van der Waals surface area (Å²) in [5, 5.41) is 13.5. The standard InChI is InChI=1S/C12H16N4O3.H4N2/c17-8-1-11-3-15-5-12(2-9(18)19,10(11)14-13-8)6-16(4-11)7-15;1-2/h1-7H2,(H,13,17)(H,18,19);1-2H2. The van der Waals surface area contributed by atoms with Gasteiger partial charge in [-0.2, -0.15) is 5.10 Å². The molecule has 4 bridgehead atoms. The quantitative estimate of drug-likeness (QED) is 0.333. The van der Waals surface area contributed by atoms with Crippen LogP contribution in [0.4, 0.5) is 0 Å². The van der Waals surface area contributed by atoms with E-state index in [1.165, 1.54) is 0 Å². The molecule has 0 aliphatic carbocycles. The molecule has 9 heteroatoms. The third kappa shape index (κ3) is 2.04. The van der Waals surface area contributed by atoms with Gasteiger partial charge in [-0.15, -0.1) is 0 Å². The van der Waals surface area contributed by atoms with Gasteiger partial charge in [0.25, 0.3) is 0 Å². The Labute approximate surface area is 121 Å². The van der Waals surface area contributed by atoms with Crippen LogP contribution in [-0.4, -0.2) is 65.3 Å². The fraction of sp³-hybridized carbons (Fsp3) is 0.750. The summed E-state index contributed by atoms with van der Waals surface area (Å²) in [5.41, 5.74) is 2.80. The van der Waals surface area contributed by atoms with Crippen LogP contribution in [0.3, 0.4) is 0 Å². The van der Waals surface area contributed by atoms with Gasteiger partial charge in [0.1, 0.15) is 0 Å². The van der Waals surface area contributed by atoms with Crippen LogP contribution in [0, 0.1) is 10.8 Å². The molecular formula is C12H20N6O3. The van der Waals surface area contributed by atoms with Gasteiger partial charge in [-0.1, -0.05) is 0 Å². The maximum atomic E-state index is 11.7. The fourth-order valence-electron chi connectivity index (χ4n) is 4.65. The maximum Gasteiger partial charge on any atom is 0.304 e. The molecule has 1 spiro atoms. The van der Waals surface area contributed by atoms with Crippen molar-refractivity contribution in [3.8, 4) is 0 Å². The number of hydrazone groups is 1. The monoisotopic (exact) mass is 296 g/mol. The van der Waals surface area contributed by atoms with Crippen molar-refractivity contribution in [3.63, 3.8) is 0 Å². The Morgan fingerprint density at radius 1 is 1.29 bits per heavy atom. The molecule has 6 N–H and O–H groups in total. The topological polar surface area (TPSA) is 137 Å². The summed E-state index contributed by atoms with van der Waals surface area (Å²) in [6, 6.07) is 0. The van der Waals surface area contributed by atoms with Gasteiger partial charge in [-0.05, 0) is 0 Å². The van der Waals surface area contributed by atoms with E-state index in [1.807, 2.05) is 0 Å². The highest BCUT2D eigenvalue weighted by molar-refractivity contribution is 6.04. The lowest BCUT2D eigenvalue weighted by Gasteiger charge is -2.64. The number of hydrogen-bond acceptors (Lipinski definition) is 7. The third-order valence-corrected chi connectivity index (χ3v) is 4.79. The lowest BCUT2D eigenvalue weighted by atomic mass is 9.57. The van der Waals surface area contributed by atoms with E-state index in [2.05, 4.69) is 32.0 Å². The minimum absolute atomic E-state index is 0.0569. The molecule has 0 aromatic heterocycles. The molecule has 21 heavy (non-hydrogen) atoms. The number of carbonyl (C=O) groups is 2. The minimum Gasteiger partial charge on any atom is -0.481 e. The van der Waals surface area contributed by atoms with E-state index < -0.39 is 11.4 Å². The van der Waals surface area contributed by atoms with Crippen LogP contribution in [0.5, 0.6) is 0 Å². The molecule has 0 aromatic carbocycles. The van der Waals surface area contributed by atoms with Crippen LogP contribution in [0.15, 0.2) is 5.10 Å². The average molecular weight is 296 g/mol. The molecule has 9 nitrogen and oxygen atoms in total. The SMILES string of the molecule is NN.O=C(O)CC12CN3CN(C1)CC1(CC(=O)NN=C21)C3. The fourth-order valence-corrected chi connectivity index (χ4v) is 4.65. The summed E-state index contributed by atoms with van der Waals surface area (Å²) in [7, 11) is 0. The molecule has 2 atom stereocenters. The number of carboxylic acid groups (broad SMARTS) is 1. The van der Waals surface area contributed by atoms with Gasteiger partial charge in [0.2, 0.25) is 5.91 Å². The molecule has 2 unspecified atom stereocenters. The number of hydrazine groups is 1. The first-order valence-corrected chi connectivity index (χ1v) is 6.89. The molecule has 4 fully saturated rings. The van der Waals surface area contributed by atoms with Gasteiger partial charge in [0.05, 0.1) is 18.8 Å². The van der Waals surface area contributed by atoms with E-state index in [-0.39, 0.29) is 17.7 Å². The summed E-state index contributed by atoms with van der Waals surface area (Å²) in [5.74, 6) is 7.15. The van der Waals surface area contributed by atoms with Crippen molar-refractivity contribution in [3.05, 3.63) is 0 Å². The normalized spacial score (nSPS) is 42.4. The van der Waals surface area contributed by atoms with E-state index in [9.17, 15) is 14.7 Å². The molecule has 5 aliphatic rings. The first-order chi connectivity index (χ1) is 10.0. The van der Waals surface area contributed by atoms with E-state index >= 15 is 0 Å². The van der Waals surface area contributed by atoms with Gasteiger partial charge in [-0.25, -0.2) is 5.43 Å². The zero-order valence-corrected chi connectivity index (χ0v) is 11.7. The number of nitrogens with zero attached hydrogens (tertiary/aromatic N) is 3. The van der Waals surface area contributed by atoms with E-state index in [0.29, 0.717) is 6.42 Å². The number of aliphatic carboxylic acids is 1. The Morgan fingerprint density at radius 3 is 2.48 bits per heavy atom. The number of carbonyl (C=O) groups excluding carboxylic acids is 1. The average Bonchev–Trinajstić information content (AvgIpc) is 2.37. The summed E-state index contributed by atoms with van der Waals surface area (Å²) in [6.07, 6.45) is 0.524. The first kappa shape index (κ1) is 14.4. The van der Waals surface area contributed by atoms with Crippen molar-refractivity contribution in [2.45, 2.75) is 12.8 Å². The van der Waals surface area contributed by atoms with Crippen LogP contribution in [0.25, 0.3) is 0 Å². The molecule has 0 radical (unpaired) electrons. The smallest absolute Gasteiger partial charge is 0.304 e. The number of piperidine rings is 2. The lowest BCUT2D eigenvalue weighted by Crippen LogP contribution is -2.77. The van der Waals surface area contributed by atoms with E-state index in [0.717, 1.165) is 38.6 Å². The predicted molar refractivity (Wildman–Crippen MR) is 73.7 cm³/mol. The molecule has 1 amide bonds. The highest BCUT2D eigenvalue weighted by Gasteiger charge is 2.63. The Kier molecular flexibility index (Phi) is 3.24. The maximum absolute atomic E-state index is 11.7. The second kappa shape index (κ2) is 4.73. The van der Waals surface area contributed by atoms with Gasteiger partial charge in [0, 0.05) is 43.4 Å². The van der Waals surface area contributed by atoms with Crippen LogP contribution < -0.4 is 17.1 Å². The molecular weight excluding hydrogens is 276 g/mol. The lowest BCUT2D eigenvalue weighted by molar-refractivity contribution is -0.146. The second-order valence-electron chi connectivity index (χ2n) is 6.42. The summed E-state index contributed by atoms with van der Waals surface area (Å²) in [6.45, 7) is 4.03. The van der Waals surface area contributed by atoms with Gasteiger partial charge < -0.3 is 5.11 Å². The Bertz CT molecular complexity index is 505. The second-order valence-corrected chi connectivity index (χ2v) is 6.42. The molecule has 5 rings (SSSR count). The minimum atomic E-state index is -0.792. The van der Waals surface area contributed by atoms with E-state index in [4.69, 9.17) is 0 Å². The number of carboxylic acids is 1. The van der Waals surface area contributed by atoms with Gasteiger partial charge in [0.15, 0.2) is 0 Å². The molecule has 4 saturated heterocycles. The van der Waals surface area contributed by atoms with Crippen LogP contribution in [0.2, 0.25) is 0 Å². The molecule has 0 saturated carbocycles. The van der Waals surface area contributed by atoms with Crippen LogP contribution in [-0.2, 0) is 9.59 Å². The highest BCUT2D eigenvalue weighted by Crippen LogP contribution is 2.51. The van der Waals surface area contributed by atoms with Crippen molar-refractivity contribution in [2.75, 3.05) is 32.8 Å². The number of amides is 1. The van der Waals surface area contributed by atoms with Crippen molar-refractivity contribution in [1.29, 1.82) is 0 Å². The number of nitrogens with one attached hydrogen (secondary N) is 1. The number of nitrogens with two attached hydrogens (primary N) is 2. The summed E-state index contributed by atoms with van der Waals surface area (Å²) >= 11 is 0. The van der Waals surface area contributed by atoms with Crippen LogP contribution >= 0.6 is 0 Å². The Balaban J connectivity index is 0.000000636. The van der Waals surface area contributed by atoms with Gasteiger partial charge >= 0.3 is 5.97 Å². The van der Waals surface area contributed by atoms with Crippen molar-refractivity contribution in [1.82, 2.24) is 15.2 Å². The molecule has 5 heterocycles. The number of rotatable bonds is 2. The number of hydrogen-bond donors (Lipinski definition) is 4. The zero-order chi connectivity index (χ0) is 15.3. The highest BCUT2D eigenvalue weighted by atomic mass is 16.4. The predicted octanol–water partition coefficient (Wildman–Crippen LogP) is -2.27.